The van der Waals surface area contributed by atoms with E-state index in [1.165, 1.54) is 24.3 Å². The predicted molar refractivity (Wildman–Crippen MR) is 77.6 cm³/mol. The smallest absolute Gasteiger partial charge is 0.178 e. The first-order valence-corrected chi connectivity index (χ1v) is 6.65. The lowest BCUT2D eigenvalue weighted by Gasteiger charge is -2.05. The topological polar surface area (TPSA) is 20.7 Å². The summed E-state index contributed by atoms with van der Waals surface area (Å²) in [5, 5.41) is 0.0273. The summed E-state index contributed by atoms with van der Waals surface area (Å²) in [7, 11) is 0. The van der Waals surface area contributed by atoms with E-state index in [0.29, 0.717) is 22.3 Å². The first-order chi connectivity index (χ1) is 9.54. The maximum absolute atomic E-state index is 13.4. The number of nitrogens with one attached hydrogen (secondary N) is 1. The second-order valence-electron chi connectivity index (χ2n) is 4.43. The molecule has 20 heavy (non-hydrogen) atoms. The molecule has 0 fully saturated rings. The molecule has 0 saturated heterocycles. The van der Waals surface area contributed by atoms with Gasteiger partial charge in [0, 0.05) is 6.07 Å². The average molecular weight is 311 g/mol. The Balaban J connectivity index is 2.14. The Morgan fingerprint density at radius 2 is 2.00 bits per heavy atom. The molecule has 0 bridgehead atoms. The Morgan fingerprint density at radius 1 is 1.20 bits per heavy atom. The van der Waals surface area contributed by atoms with E-state index in [1.54, 1.807) is 16.7 Å². The molecule has 2 aromatic carbocycles. The molecule has 102 valence electrons. The molecule has 0 saturated carbocycles. The van der Waals surface area contributed by atoms with Gasteiger partial charge in [-0.2, -0.15) is 0 Å². The van der Waals surface area contributed by atoms with E-state index in [0.717, 1.165) is 5.56 Å². The monoisotopic (exact) mass is 310 g/mol. The fraction of sp³-hybridized carbons (Fsp3) is 0.0714. The van der Waals surface area contributed by atoms with Crippen molar-refractivity contribution in [1.29, 1.82) is 0 Å². The third-order valence-corrected chi connectivity index (χ3v) is 3.66. The molecule has 0 spiro atoms. The van der Waals surface area contributed by atoms with Gasteiger partial charge < -0.3 is 9.55 Å². The number of H-pyrrole nitrogens is 1. The number of nitrogens with zero attached hydrogens (tertiary/aromatic N) is 1. The predicted octanol–water partition coefficient (Wildman–Crippen LogP) is 4.68. The average Bonchev–Trinajstić information content (AvgIpc) is 2.67. The van der Waals surface area contributed by atoms with Crippen molar-refractivity contribution in [3.8, 4) is 0 Å². The second kappa shape index (κ2) is 5.00. The SMILES string of the molecule is Fc1cccc(Cn2c(=S)[nH]c3cc(F)c(Cl)cc32)c1. The van der Waals surface area contributed by atoms with Gasteiger partial charge in [-0.15, -0.1) is 0 Å². The normalized spacial score (nSPS) is 11.2. The fourth-order valence-corrected chi connectivity index (χ4v) is 2.56. The van der Waals surface area contributed by atoms with E-state index in [4.69, 9.17) is 23.8 Å². The molecule has 0 aliphatic rings. The van der Waals surface area contributed by atoms with Crippen molar-refractivity contribution in [3.05, 3.63) is 63.4 Å². The number of imidazole rings is 1. The molecule has 0 aliphatic carbocycles. The van der Waals surface area contributed by atoms with Gasteiger partial charge in [-0.25, -0.2) is 8.78 Å². The Morgan fingerprint density at radius 3 is 2.75 bits per heavy atom. The van der Waals surface area contributed by atoms with Gasteiger partial charge in [0.25, 0.3) is 0 Å². The fourth-order valence-electron chi connectivity index (χ4n) is 2.13. The number of hydrogen-bond donors (Lipinski definition) is 1. The summed E-state index contributed by atoms with van der Waals surface area (Å²) in [6, 6.07) is 9.06. The molecule has 1 heterocycles. The number of benzene rings is 2. The van der Waals surface area contributed by atoms with Crippen molar-refractivity contribution in [1.82, 2.24) is 9.55 Å². The van der Waals surface area contributed by atoms with Crippen LogP contribution in [0.5, 0.6) is 0 Å². The van der Waals surface area contributed by atoms with E-state index in [1.807, 2.05) is 0 Å². The van der Waals surface area contributed by atoms with E-state index in [9.17, 15) is 8.78 Å². The van der Waals surface area contributed by atoms with Crippen LogP contribution in [0.3, 0.4) is 0 Å². The summed E-state index contributed by atoms with van der Waals surface area (Å²) < 4.78 is 28.8. The zero-order chi connectivity index (χ0) is 14.3. The zero-order valence-electron chi connectivity index (χ0n) is 10.2. The second-order valence-corrected chi connectivity index (χ2v) is 5.22. The molecular weight excluding hydrogens is 302 g/mol. The summed E-state index contributed by atoms with van der Waals surface area (Å²) in [6.07, 6.45) is 0. The highest BCUT2D eigenvalue weighted by Gasteiger charge is 2.09. The van der Waals surface area contributed by atoms with Crippen LogP contribution in [0.15, 0.2) is 36.4 Å². The first kappa shape index (κ1) is 13.3. The molecular formula is C14H9ClF2N2S. The third kappa shape index (κ3) is 2.34. The quantitative estimate of drug-likeness (QED) is 0.682. The van der Waals surface area contributed by atoms with Crippen LogP contribution in [0.2, 0.25) is 5.02 Å². The highest BCUT2D eigenvalue weighted by Crippen LogP contribution is 2.23. The van der Waals surface area contributed by atoms with Gasteiger partial charge >= 0.3 is 0 Å². The van der Waals surface area contributed by atoms with Crippen molar-refractivity contribution < 1.29 is 8.78 Å². The van der Waals surface area contributed by atoms with Crippen LogP contribution in [0.4, 0.5) is 8.78 Å². The number of fused-ring (bicyclic) bond motifs is 1. The number of halogens is 3. The summed E-state index contributed by atoms with van der Waals surface area (Å²) in [5.41, 5.74) is 2.02. The van der Waals surface area contributed by atoms with Crippen molar-refractivity contribution in [2.75, 3.05) is 0 Å². The lowest BCUT2D eigenvalue weighted by Crippen LogP contribution is -2.00. The van der Waals surface area contributed by atoms with Crippen molar-refractivity contribution in [2.45, 2.75) is 6.54 Å². The molecule has 3 aromatic rings. The molecule has 0 aliphatic heterocycles. The van der Waals surface area contributed by atoms with Gasteiger partial charge in [-0.3, -0.25) is 0 Å². The van der Waals surface area contributed by atoms with Gasteiger partial charge in [0.2, 0.25) is 0 Å². The molecule has 0 amide bonds. The maximum atomic E-state index is 13.4. The van der Waals surface area contributed by atoms with Crippen LogP contribution in [-0.4, -0.2) is 9.55 Å². The van der Waals surface area contributed by atoms with Gasteiger partial charge in [0.1, 0.15) is 11.6 Å². The van der Waals surface area contributed by atoms with Crippen LogP contribution in [0.1, 0.15) is 5.56 Å². The summed E-state index contributed by atoms with van der Waals surface area (Å²) in [6.45, 7) is 0.387. The van der Waals surface area contributed by atoms with Crippen LogP contribution in [-0.2, 0) is 6.54 Å². The minimum Gasteiger partial charge on any atom is -0.330 e. The standard InChI is InChI=1S/C14H9ClF2N2S/c15-10-5-13-12(6-11(10)17)18-14(20)19(13)7-8-2-1-3-9(16)4-8/h1-6H,7H2,(H,18,20). The van der Waals surface area contributed by atoms with Crippen LogP contribution in [0.25, 0.3) is 11.0 Å². The third-order valence-electron chi connectivity index (χ3n) is 3.05. The van der Waals surface area contributed by atoms with Crippen LogP contribution in [0, 0.1) is 16.4 Å². The number of aromatic nitrogens is 2. The molecule has 2 nitrogen and oxygen atoms in total. The van der Waals surface area contributed by atoms with E-state index < -0.39 is 5.82 Å². The molecule has 0 atom stereocenters. The van der Waals surface area contributed by atoms with Gasteiger partial charge in [0.15, 0.2) is 4.77 Å². The van der Waals surface area contributed by atoms with Crippen molar-refractivity contribution in [2.24, 2.45) is 0 Å². The largest absolute Gasteiger partial charge is 0.330 e. The minimum atomic E-state index is -0.506. The van der Waals surface area contributed by atoms with E-state index >= 15 is 0 Å². The molecule has 1 aromatic heterocycles. The number of aromatic amines is 1. The molecule has 0 radical (unpaired) electrons. The number of hydrogen-bond acceptors (Lipinski definition) is 1. The summed E-state index contributed by atoms with van der Waals surface area (Å²) >= 11 is 11.0. The lowest BCUT2D eigenvalue weighted by atomic mass is 10.2. The minimum absolute atomic E-state index is 0.0273. The first-order valence-electron chi connectivity index (χ1n) is 5.86. The molecule has 1 N–H and O–H groups in total. The Hall–Kier alpha value is -1.72. The van der Waals surface area contributed by atoms with Crippen molar-refractivity contribution >= 4 is 34.9 Å². The van der Waals surface area contributed by atoms with Crippen LogP contribution < -0.4 is 0 Å². The Bertz CT molecular complexity index is 854. The maximum Gasteiger partial charge on any atom is 0.178 e. The van der Waals surface area contributed by atoms with Gasteiger partial charge in [-0.05, 0) is 36.0 Å². The zero-order valence-corrected chi connectivity index (χ0v) is 11.7. The van der Waals surface area contributed by atoms with Crippen molar-refractivity contribution in [3.63, 3.8) is 0 Å². The Kier molecular flexibility index (Phi) is 3.31. The highest BCUT2D eigenvalue weighted by molar-refractivity contribution is 7.71. The highest BCUT2D eigenvalue weighted by atomic mass is 35.5. The molecule has 0 unspecified atom stereocenters. The summed E-state index contributed by atoms with van der Waals surface area (Å²) in [5.74, 6) is -0.814. The van der Waals surface area contributed by atoms with Crippen LogP contribution >= 0.6 is 23.8 Å². The van der Waals surface area contributed by atoms with E-state index in [-0.39, 0.29) is 10.8 Å². The van der Waals surface area contributed by atoms with E-state index in [2.05, 4.69) is 4.98 Å². The Labute approximate surface area is 123 Å². The summed E-state index contributed by atoms with van der Waals surface area (Å²) in [4.78, 5) is 2.92. The lowest BCUT2D eigenvalue weighted by molar-refractivity contribution is 0.623. The molecule has 3 rings (SSSR count). The number of rotatable bonds is 2. The van der Waals surface area contributed by atoms with Gasteiger partial charge in [0.05, 0.1) is 22.6 Å². The van der Waals surface area contributed by atoms with Gasteiger partial charge in [-0.1, -0.05) is 23.7 Å². The molecule has 6 heteroatoms.